The number of aromatic nitrogens is 4. The number of nitrogens with zero attached hydrogens (tertiary/aromatic N) is 4. The van der Waals surface area contributed by atoms with Crippen molar-refractivity contribution in [2.75, 3.05) is 13.1 Å². The fraction of sp³-hybridized carbons (Fsp3) is 0.562. The summed E-state index contributed by atoms with van der Waals surface area (Å²) in [7, 11) is -3.58. The molecule has 0 radical (unpaired) electrons. The van der Waals surface area contributed by atoms with Gasteiger partial charge in [-0.25, -0.2) is 13.1 Å². The highest BCUT2D eigenvalue weighted by molar-refractivity contribution is 7.89. The second-order valence-electron chi connectivity index (χ2n) is 7.32. The van der Waals surface area contributed by atoms with Crippen molar-refractivity contribution < 1.29 is 8.42 Å². The van der Waals surface area contributed by atoms with E-state index >= 15 is 0 Å². The van der Waals surface area contributed by atoms with Crippen LogP contribution in [0.2, 0.25) is 0 Å². The van der Waals surface area contributed by atoms with Crippen LogP contribution in [-0.4, -0.2) is 58.6 Å². The zero-order chi connectivity index (χ0) is 18.1. The number of sulfonamides is 1. The lowest BCUT2D eigenvalue weighted by atomic mass is 9.99. The van der Waals surface area contributed by atoms with E-state index in [0.29, 0.717) is 11.4 Å². The van der Waals surface area contributed by atoms with Gasteiger partial charge in [0.25, 0.3) is 0 Å². The lowest BCUT2D eigenvalue weighted by Crippen LogP contribution is -2.50. The molecule has 1 aliphatic heterocycles. The number of hydrogen-bond donors (Lipinski definition) is 2. The molecule has 1 aliphatic rings. The van der Waals surface area contributed by atoms with Crippen molar-refractivity contribution in [3.8, 4) is 11.4 Å². The third kappa shape index (κ3) is 4.23. The highest BCUT2D eigenvalue weighted by atomic mass is 32.2. The van der Waals surface area contributed by atoms with Crippen molar-refractivity contribution in [1.29, 1.82) is 0 Å². The molecule has 1 saturated heterocycles. The number of rotatable bonds is 4. The van der Waals surface area contributed by atoms with Gasteiger partial charge in [0, 0.05) is 30.2 Å². The normalized spacial score (nSPS) is 17.7. The first-order valence-corrected chi connectivity index (χ1v) is 9.85. The van der Waals surface area contributed by atoms with Gasteiger partial charge in [-0.05, 0) is 51.0 Å². The molecule has 1 aromatic heterocycles. The molecule has 1 fully saturated rings. The van der Waals surface area contributed by atoms with E-state index < -0.39 is 10.0 Å². The topological polar surface area (TPSA) is 104 Å². The van der Waals surface area contributed by atoms with Crippen LogP contribution in [0.3, 0.4) is 0 Å². The maximum absolute atomic E-state index is 12.7. The zero-order valence-corrected chi connectivity index (χ0v) is 15.5. The fourth-order valence-corrected chi connectivity index (χ4v) is 4.39. The summed E-state index contributed by atoms with van der Waals surface area (Å²) in [6.07, 6.45) is 1.61. The van der Waals surface area contributed by atoms with Gasteiger partial charge in [0.05, 0.1) is 4.90 Å². The van der Waals surface area contributed by atoms with Crippen molar-refractivity contribution in [3.63, 3.8) is 0 Å². The molecule has 136 valence electrons. The number of tetrazole rings is 1. The highest BCUT2D eigenvalue weighted by Gasteiger charge is 2.29. The second-order valence-corrected chi connectivity index (χ2v) is 9.03. The van der Waals surface area contributed by atoms with E-state index in [1.165, 1.54) is 0 Å². The molecule has 2 N–H and O–H groups in total. The number of likely N-dealkylation sites (tertiary alicyclic amines) is 1. The minimum absolute atomic E-state index is 0.0440. The molecule has 0 saturated carbocycles. The maximum Gasteiger partial charge on any atom is 0.240 e. The van der Waals surface area contributed by atoms with E-state index in [9.17, 15) is 8.42 Å². The molecule has 9 heteroatoms. The molecule has 0 amide bonds. The zero-order valence-electron chi connectivity index (χ0n) is 14.7. The van der Waals surface area contributed by atoms with Gasteiger partial charge >= 0.3 is 0 Å². The highest BCUT2D eigenvalue weighted by Crippen LogP contribution is 2.22. The van der Waals surface area contributed by atoms with E-state index in [4.69, 9.17) is 0 Å². The Kier molecular flexibility index (Phi) is 4.90. The van der Waals surface area contributed by atoms with Crippen molar-refractivity contribution in [3.05, 3.63) is 24.3 Å². The van der Waals surface area contributed by atoms with Crippen LogP contribution in [0.4, 0.5) is 0 Å². The summed E-state index contributed by atoms with van der Waals surface area (Å²) in [6.45, 7) is 8.32. The van der Waals surface area contributed by atoms with Gasteiger partial charge in [-0.1, -0.05) is 12.1 Å². The average molecular weight is 364 g/mol. The summed E-state index contributed by atoms with van der Waals surface area (Å²) in [4.78, 5) is 2.60. The second kappa shape index (κ2) is 6.81. The molecule has 0 atom stereocenters. The largest absolute Gasteiger partial charge is 0.298 e. The summed E-state index contributed by atoms with van der Waals surface area (Å²) in [5.74, 6) is 0.371. The van der Waals surface area contributed by atoms with E-state index in [0.717, 1.165) is 25.9 Å². The molecule has 3 rings (SSSR count). The Bertz CT molecular complexity index is 805. The third-order valence-corrected chi connectivity index (χ3v) is 6.03. The molecule has 25 heavy (non-hydrogen) atoms. The lowest BCUT2D eigenvalue weighted by Gasteiger charge is -2.40. The monoisotopic (exact) mass is 364 g/mol. The van der Waals surface area contributed by atoms with E-state index in [1.807, 2.05) is 0 Å². The molecular formula is C16H24N6O2S. The van der Waals surface area contributed by atoms with Crippen LogP contribution in [0, 0.1) is 0 Å². The molecule has 0 spiro atoms. The number of aromatic amines is 1. The van der Waals surface area contributed by atoms with Gasteiger partial charge in [0.2, 0.25) is 15.8 Å². The fourth-order valence-electron chi connectivity index (χ4n) is 3.04. The minimum Gasteiger partial charge on any atom is -0.298 e. The average Bonchev–Trinajstić information content (AvgIpc) is 3.09. The van der Waals surface area contributed by atoms with E-state index in [-0.39, 0.29) is 16.5 Å². The Morgan fingerprint density at radius 2 is 1.96 bits per heavy atom. The van der Waals surface area contributed by atoms with E-state index in [1.54, 1.807) is 24.3 Å². The molecule has 0 bridgehead atoms. The standard InChI is InChI=1S/C16H24N6O2S/c1-16(2,3)22-9-7-13(8-10-22)19-25(23,24)14-6-4-5-12(11-14)15-17-20-21-18-15/h4-6,11,13,19H,7-10H2,1-3H3,(H,17,18,20,21). The molecular weight excluding hydrogens is 340 g/mol. The number of nitrogens with one attached hydrogen (secondary N) is 2. The van der Waals surface area contributed by atoms with Crippen LogP contribution >= 0.6 is 0 Å². The first kappa shape index (κ1) is 18.0. The van der Waals surface area contributed by atoms with Crippen LogP contribution in [0.5, 0.6) is 0 Å². The van der Waals surface area contributed by atoms with E-state index in [2.05, 4.69) is 51.0 Å². The predicted octanol–water partition coefficient (Wildman–Crippen LogP) is 1.41. The number of hydrogen-bond acceptors (Lipinski definition) is 6. The minimum atomic E-state index is -3.58. The summed E-state index contributed by atoms with van der Waals surface area (Å²) < 4.78 is 28.3. The Morgan fingerprint density at radius 3 is 2.56 bits per heavy atom. The van der Waals surface area contributed by atoms with Crippen molar-refractivity contribution in [2.24, 2.45) is 0 Å². The van der Waals surface area contributed by atoms with Gasteiger partial charge in [-0.2, -0.15) is 5.21 Å². The predicted molar refractivity (Wildman–Crippen MR) is 94.3 cm³/mol. The summed E-state index contributed by atoms with van der Waals surface area (Å²) in [5.41, 5.74) is 0.724. The van der Waals surface area contributed by atoms with Gasteiger partial charge in [0.15, 0.2) is 0 Å². The third-order valence-electron chi connectivity index (χ3n) is 4.51. The summed E-state index contributed by atoms with van der Waals surface area (Å²) >= 11 is 0. The molecule has 1 aromatic carbocycles. The molecule has 8 nitrogen and oxygen atoms in total. The number of H-pyrrole nitrogens is 1. The smallest absolute Gasteiger partial charge is 0.240 e. The SMILES string of the molecule is CC(C)(C)N1CCC(NS(=O)(=O)c2cccc(-c3nn[nH]n3)c2)CC1. The van der Waals surface area contributed by atoms with Gasteiger partial charge in [-0.3, -0.25) is 4.90 Å². The summed E-state index contributed by atoms with van der Waals surface area (Å²) in [5, 5.41) is 13.7. The van der Waals surface area contributed by atoms with Crippen LogP contribution < -0.4 is 4.72 Å². The van der Waals surface area contributed by atoms with Crippen molar-refractivity contribution in [1.82, 2.24) is 30.2 Å². The Balaban J connectivity index is 1.70. The summed E-state index contributed by atoms with van der Waals surface area (Å²) in [6, 6.07) is 6.54. The van der Waals surface area contributed by atoms with Crippen LogP contribution in [-0.2, 0) is 10.0 Å². The Morgan fingerprint density at radius 1 is 1.24 bits per heavy atom. The van der Waals surface area contributed by atoms with Gasteiger partial charge in [0.1, 0.15) is 0 Å². The molecule has 0 aliphatic carbocycles. The van der Waals surface area contributed by atoms with Gasteiger partial charge in [-0.15, -0.1) is 10.2 Å². The molecule has 2 heterocycles. The first-order valence-electron chi connectivity index (χ1n) is 8.37. The quantitative estimate of drug-likeness (QED) is 0.850. The van der Waals surface area contributed by atoms with Crippen molar-refractivity contribution in [2.45, 2.75) is 50.1 Å². The number of benzene rings is 1. The molecule has 0 unspecified atom stereocenters. The Hall–Kier alpha value is -1.84. The lowest BCUT2D eigenvalue weighted by molar-refractivity contribution is 0.100. The van der Waals surface area contributed by atoms with Crippen LogP contribution in [0.1, 0.15) is 33.6 Å². The first-order chi connectivity index (χ1) is 11.8. The van der Waals surface area contributed by atoms with Gasteiger partial charge < -0.3 is 0 Å². The van der Waals surface area contributed by atoms with Crippen LogP contribution in [0.15, 0.2) is 29.2 Å². The van der Waals surface area contributed by atoms with Crippen LogP contribution in [0.25, 0.3) is 11.4 Å². The number of piperidine rings is 1. The Labute approximate surface area is 148 Å². The maximum atomic E-state index is 12.7. The van der Waals surface area contributed by atoms with Crippen molar-refractivity contribution >= 4 is 10.0 Å². The molecule has 2 aromatic rings.